The lowest BCUT2D eigenvalue weighted by Crippen LogP contribution is -2.33. The van der Waals surface area contributed by atoms with E-state index < -0.39 is 0 Å². The zero-order valence-electron chi connectivity index (χ0n) is 11.9. The molecule has 0 unspecified atom stereocenters. The normalized spacial score (nSPS) is 15.4. The third-order valence-corrected chi connectivity index (χ3v) is 3.26. The summed E-state index contributed by atoms with van der Waals surface area (Å²) in [4.78, 5) is 15.8. The monoisotopic (exact) mass is 276 g/mol. The number of ether oxygens (including phenoxy) is 2. The second-order valence-corrected chi connectivity index (χ2v) is 4.56. The fourth-order valence-corrected chi connectivity index (χ4v) is 1.94. The van der Waals surface area contributed by atoms with Gasteiger partial charge in [-0.2, -0.15) is 0 Å². The molecule has 1 aromatic rings. The summed E-state index contributed by atoms with van der Waals surface area (Å²) in [6.07, 6.45) is 3.43. The summed E-state index contributed by atoms with van der Waals surface area (Å²) in [7, 11) is 3.38. The molecule has 0 radical (unpaired) electrons. The summed E-state index contributed by atoms with van der Waals surface area (Å²) in [6.45, 7) is 3.09. The van der Waals surface area contributed by atoms with Gasteiger partial charge in [-0.1, -0.05) is 0 Å². The zero-order valence-corrected chi connectivity index (χ0v) is 11.9. The van der Waals surface area contributed by atoms with Crippen LogP contribution in [0.2, 0.25) is 0 Å². The Bertz CT molecular complexity index is 465. The molecule has 2 rings (SSSR count). The average Bonchev–Trinajstić information content (AvgIpc) is 2.53. The number of amides is 1. The lowest BCUT2D eigenvalue weighted by molar-refractivity contribution is -0.114. The predicted octanol–water partition coefficient (Wildman–Crippen LogP) is 1.50. The van der Waals surface area contributed by atoms with Gasteiger partial charge in [0.25, 0.3) is 5.91 Å². The van der Waals surface area contributed by atoms with Crippen LogP contribution in [0.1, 0.15) is 0 Å². The van der Waals surface area contributed by atoms with E-state index in [0.29, 0.717) is 13.2 Å². The highest BCUT2D eigenvalue weighted by Crippen LogP contribution is 2.18. The van der Waals surface area contributed by atoms with Crippen LogP contribution in [0, 0.1) is 0 Å². The van der Waals surface area contributed by atoms with Gasteiger partial charge in [-0.15, -0.1) is 0 Å². The molecule has 0 saturated carbocycles. The second kappa shape index (κ2) is 6.96. The topological polar surface area (TPSA) is 42.0 Å². The zero-order chi connectivity index (χ0) is 14.4. The predicted molar refractivity (Wildman–Crippen MR) is 77.9 cm³/mol. The van der Waals surface area contributed by atoms with E-state index in [9.17, 15) is 4.79 Å². The van der Waals surface area contributed by atoms with E-state index in [1.54, 1.807) is 25.1 Å². The van der Waals surface area contributed by atoms with Gasteiger partial charge in [0.2, 0.25) is 0 Å². The highest BCUT2D eigenvalue weighted by molar-refractivity contribution is 6.00. The van der Waals surface area contributed by atoms with Crippen LogP contribution in [0.5, 0.6) is 5.75 Å². The van der Waals surface area contributed by atoms with Crippen LogP contribution in [-0.2, 0) is 9.53 Å². The van der Waals surface area contributed by atoms with Gasteiger partial charge in [0, 0.05) is 38.1 Å². The highest BCUT2D eigenvalue weighted by Gasteiger charge is 2.10. The molecule has 1 heterocycles. The van der Waals surface area contributed by atoms with Gasteiger partial charge in [0.1, 0.15) is 5.75 Å². The summed E-state index contributed by atoms with van der Waals surface area (Å²) < 4.78 is 10.4. The molecule has 1 aliphatic heterocycles. The van der Waals surface area contributed by atoms with Crippen molar-refractivity contribution in [2.45, 2.75) is 0 Å². The third kappa shape index (κ3) is 3.74. The van der Waals surface area contributed by atoms with Crippen molar-refractivity contribution in [2.75, 3.05) is 45.4 Å². The molecule has 0 atom stereocenters. The maximum Gasteiger partial charge on any atom is 0.252 e. The molecule has 0 N–H and O–H groups in total. The van der Waals surface area contributed by atoms with Crippen LogP contribution >= 0.6 is 0 Å². The van der Waals surface area contributed by atoms with E-state index in [0.717, 1.165) is 24.5 Å². The molecule has 20 heavy (non-hydrogen) atoms. The smallest absolute Gasteiger partial charge is 0.252 e. The van der Waals surface area contributed by atoms with E-state index >= 15 is 0 Å². The van der Waals surface area contributed by atoms with Crippen LogP contribution in [0.25, 0.3) is 0 Å². The number of morpholine rings is 1. The Kier molecular flexibility index (Phi) is 5.01. The average molecular weight is 276 g/mol. The first-order valence-corrected chi connectivity index (χ1v) is 6.62. The Balaban J connectivity index is 1.94. The number of nitrogens with zero attached hydrogens (tertiary/aromatic N) is 2. The maximum atomic E-state index is 12.1. The van der Waals surface area contributed by atoms with Crippen LogP contribution < -0.4 is 9.64 Å². The Morgan fingerprint density at radius 2 is 1.95 bits per heavy atom. The quantitative estimate of drug-likeness (QED) is 0.782. The lowest BCUT2D eigenvalue weighted by atomic mass is 10.2. The number of hydrogen-bond donors (Lipinski definition) is 0. The SMILES string of the molecule is COc1ccc(N(C)C(=O)/C=C/N2CCOCC2)cc1. The van der Waals surface area contributed by atoms with Crippen molar-refractivity contribution in [1.82, 2.24) is 4.90 Å². The molecule has 1 aromatic carbocycles. The fraction of sp³-hybridized carbons (Fsp3) is 0.400. The minimum absolute atomic E-state index is 0.0540. The van der Waals surface area contributed by atoms with Gasteiger partial charge in [0.15, 0.2) is 0 Å². The number of benzene rings is 1. The molecule has 108 valence electrons. The lowest BCUT2D eigenvalue weighted by Gasteiger charge is -2.25. The van der Waals surface area contributed by atoms with Gasteiger partial charge >= 0.3 is 0 Å². The third-order valence-electron chi connectivity index (χ3n) is 3.26. The number of methoxy groups -OCH3 is 1. The van der Waals surface area contributed by atoms with Crippen LogP contribution in [-0.4, -0.2) is 51.3 Å². The van der Waals surface area contributed by atoms with Crippen molar-refractivity contribution >= 4 is 11.6 Å². The Labute approximate surface area is 119 Å². The number of hydrogen-bond acceptors (Lipinski definition) is 4. The molecule has 5 heteroatoms. The van der Waals surface area contributed by atoms with Crippen LogP contribution in [0.15, 0.2) is 36.5 Å². The van der Waals surface area contributed by atoms with Gasteiger partial charge in [-0.3, -0.25) is 4.79 Å². The van der Waals surface area contributed by atoms with E-state index in [1.807, 2.05) is 30.5 Å². The van der Waals surface area contributed by atoms with Gasteiger partial charge in [-0.25, -0.2) is 0 Å². The van der Waals surface area contributed by atoms with Gasteiger partial charge in [0.05, 0.1) is 20.3 Å². The van der Waals surface area contributed by atoms with Crippen molar-refractivity contribution in [1.29, 1.82) is 0 Å². The molecule has 1 fully saturated rings. The standard InChI is InChI=1S/C15H20N2O3/c1-16(13-3-5-14(19-2)6-4-13)15(18)7-8-17-9-11-20-12-10-17/h3-8H,9-12H2,1-2H3/b8-7+. The first-order valence-electron chi connectivity index (χ1n) is 6.62. The molecule has 0 bridgehead atoms. The molecule has 0 aliphatic carbocycles. The van der Waals surface area contributed by atoms with E-state index in [1.165, 1.54) is 0 Å². The number of carbonyl (C=O) groups excluding carboxylic acids is 1. The Hall–Kier alpha value is -2.01. The van der Waals surface area contributed by atoms with E-state index in [4.69, 9.17) is 9.47 Å². The molecular weight excluding hydrogens is 256 g/mol. The number of likely N-dealkylation sites (N-methyl/N-ethyl adjacent to an activating group) is 1. The molecular formula is C15H20N2O3. The van der Waals surface area contributed by atoms with Crippen molar-refractivity contribution in [3.8, 4) is 5.75 Å². The van der Waals surface area contributed by atoms with Crippen molar-refractivity contribution < 1.29 is 14.3 Å². The number of carbonyl (C=O) groups is 1. The van der Waals surface area contributed by atoms with E-state index in [2.05, 4.69) is 4.90 Å². The Morgan fingerprint density at radius 1 is 1.30 bits per heavy atom. The number of anilines is 1. The first-order chi connectivity index (χ1) is 9.70. The molecule has 1 aliphatic rings. The van der Waals surface area contributed by atoms with Gasteiger partial charge < -0.3 is 19.3 Å². The van der Waals surface area contributed by atoms with Crippen molar-refractivity contribution in [3.63, 3.8) is 0 Å². The second-order valence-electron chi connectivity index (χ2n) is 4.56. The molecule has 0 spiro atoms. The fourth-order valence-electron chi connectivity index (χ4n) is 1.94. The first kappa shape index (κ1) is 14.4. The van der Waals surface area contributed by atoms with Crippen molar-refractivity contribution in [3.05, 3.63) is 36.5 Å². The minimum Gasteiger partial charge on any atom is -0.497 e. The minimum atomic E-state index is -0.0540. The van der Waals surface area contributed by atoms with Crippen LogP contribution in [0.3, 0.4) is 0 Å². The summed E-state index contributed by atoms with van der Waals surface area (Å²) in [5.74, 6) is 0.722. The molecule has 0 aromatic heterocycles. The Morgan fingerprint density at radius 3 is 2.55 bits per heavy atom. The van der Waals surface area contributed by atoms with Crippen molar-refractivity contribution in [2.24, 2.45) is 0 Å². The molecule has 5 nitrogen and oxygen atoms in total. The van der Waals surface area contributed by atoms with Crippen LogP contribution in [0.4, 0.5) is 5.69 Å². The summed E-state index contributed by atoms with van der Waals surface area (Å²) in [6, 6.07) is 7.40. The summed E-state index contributed by atoms with van der Waals surface area (Å²) >= 11 is 0. The van der Waals surface area contributed by atoms with Gasteiger partial charge in [-0.05, 0) is 24.3 Å². The summed E-state index contributed by atoms with van der Waals surface area (Å²) in [5, 5.41) is 0. The van der Waals surface area contributed by atoms with E-state index in [-0.39, 0.29) is 5.91 Å². The maximum absolute atomic E-state index is 12.1. The highest BCUT2D eigenvalue weighted by atomic mass is 16.5. The molecule has 1 amide bonds. The number of rotatable bonds is 4. The largest absolute Gasteiger partial charge is 0.497 e. The summed E-state index contributed by atoms with van der Waals surface area (Å²) in [5.41, 5.74) is 0.836. The molecule has 1 saturated heterocycles.